The molecule has 1 aromatic carbocycles. The van der Waals surface area contributed by atoms with Gasteiger partial charge in [-0.1, -0.05) is 24.3 Å². The molecule has 0 aliphatic heterocycles. The van der Waals surface area contributed by atoms with Crippen LogP contribution in [0.25, 0.3) is 10.9 Å². The van der Waals surface area contributed by atoms with Crippen LogP contribution in [-0.2, 0) is 4.74 Å². The Morgan fingerprint density at radius 1 is 1.29 bits per heavy atom. The van der Waals surface area contributed by atoms with Gasteiger partial charge in [-0.2, -0.15) is 0 Å². The summed E-state index contributed by atoms with van der Waals surface area (Å²) in [5, 5.41) is 19.1. The highest BCUT2D eigenvalue weighted by Gasteiger charge is 2.17. The van der Waals surface area contributed by atoms with Crippen molar-refractivity contribution >= 4 is 29.5 Å². The molecule has 1 aromatic heterocycles. The van der Waals surface area contributed by atoms with Gasteiger partial charge in [0.15, 0.2) is 0 Å². The van der Waals surface area contributed by atoms with Gasteiger partial charge in [-0.3, -0.25) is 0 Å². The van der Waals surface area contributed by atoms with Gasteiger partial charge in [0.2, 0.25) is 0 Å². The molecule has 2 rings (SSSR count). The lowest BCUT2D eigenvalue weighted by atomic mass is 9.79. The predicted molar refractivity (Wildman–Crippen MR) is 62.9 cm³/mol. The number of methoxy groups -OCH3 is 1. The van der Waals surface area contributed by atoms with Gasteiger partial charge in [0, 0.05) is 5.46 Å². The van der Waals surface area contributed by atoms with Gasteiger partial charge in [0.05, 0.1) is 12.6 Å². The average Bonchev–Trinajstić information content (AvgIpc) is 2.36. The van der Waals surface area contributed by atoms with Crippen LogP contribution in [0.4, 0.5) is 0 Å². The summed E-state index contributed by atoms with van der Waals surface area (Å²) >= 11 is 0. The molecule has 0 saturated heterocycles. The first-order valence-electron chi connectivity index (χ1n) is 4.97. The third-order valence-electron chi connectivity index (χ3n) is 2.42. The number of pyridine rings is 1. The molecule has 0 aliphatic rings. The number of rotatable bonds is 2. The number of hydrogen-bond acceptors (Lipinski definition) is 5. The summed E-state index contributed by atoms with van der Waals surface area (Å²) in [6, 6.07) is 8.22. The number of hydrogen-bond donors (Lipinski definition) is 2. The third kappa shape index (κ3) is 2.13. The molecule has 2 aromatic rings. The summed E-state index contributed by atoms with van der Waals surface area (Å²) < 4.78 is 4.56. The highest BCUT2D eigenvalue weighted by Crippen LogP contribution is 2.11. The minimum atomic E-state index is -1.63. The maximum Gasteiger partial charge on any atom is 0.490 e. The maximum absolute atomic E-state index is 11.3. The van der Waals surface area contributed by atoms with Crippen LogP contribution in [0.1, 0.15) is 10.5 Å². The SMILES string of the molecule is COC(=O)c1ccc2cccc(B(O)O)c2n1. The second-order valence-electron chi connectivity index (χ2n) is 3.48. The number of benzene rings is 1. The lowest BCUT2D eigenvalue weighted by Crippen LogP contribution is -2.31. The van der Waals surface area contributed by atoms with E-state index in [0.717, 1.165) is 5.39 Å². The van der Waals surface area contributed by atoms with Crippen LogP contribution in [0, 0.1) is 0 Å². The van der Waals surface area contributed by atoms with E-state index in [1.165, 1.54) is 13.2 Å². The number of carbonyl (C=O) groups is 1. The highest BCUT2D eigenvalue weighted by atomic mass is 16.5. The summed E-state index contributed by atoms with van der Waals surface area (Å²) in [7, 11) is -0.361. The minimum Gasteiger partial charge on any atom is -0.464 e. The normalized spacial score (nSPS) is 10.3. The Balaban J connectivity index is 2.65. The summed E-state index contributed by atoms with van der Waals surface area (Å²) in [5.74, 6) is -0.561. The number of aromatic nitrogens is 1. The fourth-order valence-electron chi connectivity index (χ4n) is 1.60. The fraction of sp³-hybridized carbons (Fsp3) is 0.0909. The van der Waals surface area contributed by atoms with E-state index in [0.29, 0.717) is 5.52 Å². The van der Waals surface area contributed by atoms with Crippen molar-refractivity contribution in [3.63, 3.8) is 0 Å². The molecule has 6 heteroatoms. The van der Waals surface area contributed by atoms with Gasteiger partial charge in [0.25, 0.3) is 0 Å². The molecule has 5 nitrogen and oxygen atoms in total. The summed E-state index contributed by atoms with van der Waals surface area (Å²) in [4.78, 5) is 15.4. The van der Waals surface area contributed by atoms with Gasteiger partial charge in [-0.15, -0.1) is 0 Å². The van der Waals surface area contributed by atoms with E-state index in [2.05, 4.69) is 9.72 Å². The van der Waals surface area contributed by atoms with Crippen molar-refractivity contribution in [2.45, 2.75) is 0 Å². The molecule has 0 aliphatic carbocycles. The van der Waals surface area contributed by atoms with Gasteiger partial charge >= 0.3 is 13.1 Å². The summed E-state index contributed by atoms with van der Waals surface area (Å²) in [6.45, 7) is 0. The Kier molecular flexibility index (Phi) is 3.08. The van der Waals surface area contributed by atoms with Crippen molar-refractivity contribution in [1.29, 1.82) is 0 Å². The summed E-state index contributed by atoms with van der Waals surface area (Å²) in [6.07, 6.45) is 0. The molecule has 86 valence electrons. The Morgan fingerprint density at radius 3 is 2.71 bits per heavy atom. The Labute approximate surface area is 97.8 Å². The van der Waals surface area contributed by atoms with E-state index >= 15 is 0 Å². The molecule has 0 spiro atoms. The van der Waals surface area contributed by atoms with Gasteiger partial charge in [-0.25, -0.2) is 9.78 Å². The zero-order valence-corrected chi connectivity index (χ0v) is 9.12. The van der Waals surface area contributed by atoms with Gasteiger partial charge in [-0.05, 0) is 11.5 Å². The van der Waals surface area contributed by atoms with Crippen LogP contribution in [0.2, 0.25) is 0 Å². The highest BCUT2D eigenvalue weighted by molar-refractivity contribution is 6.61. The second kappa shape index (κ2) is 4.53. The zero-order valence-electron chi connectivity index (χ0n) is 9.12. The standard InChI is InChI=1S/C11H10BNO4/c1-17-11(14)9-6-5-7-3-2-4-8(12(15)16)10(7)13-9/h2-6,15-16H,1H3. The lowest BCUT2D eigenvalue weighted by molar-refractivity contribution is 0.0594. The van der Waals surface area contributed by atoms with Crippen molar-refractivity contribution in [2.24, 2.45) is 0 Å². The first kappa shape index (κ1) is 11.6. The molecule has 0 radical (unpaired) electrons. The van der Waals surface area contributed by atoms with Crippen LogP contribution in [-0.4, -0.2) is 35.2 Å². The molecule has 0 amide bonds. The van der Waals surface area contributed by atoms with Crippen molar-refractivity contribution in [3.8, 4) is 0 Å². The topological polar surface area (TPSA) is 79.7 Å². The van der Waals surface area contributed by atoms with E-state index in [1.54, 1.807) is 24.3 Å². The number of para-hydroxylation sites is 1. The van der Waals surface area contributed by atoms with Crippen molar-refractivity contribution in [2.75, 3.05) is 7.11 Å². The van der Waals surface area contributed by atoms with Crippen molar-refractivity contribution in [3.05, 3.63) is 36.0 Å². The van der Waals surface area contributed by atoms with Crippen molar-refractivity contribution in [1.82, 2.24) is 4.98 Å². The molecule has 0 saturated carbocycles. The van der Waals surface area contributed by atoms with Crippen LogP contribution in [0.3, 0.4) is 0 Å². The Hall–Kier alpha value is -1.92. The fourth-order valence-corrected chi connectivity index (χ4v) is 1.60. The molecule has 0 atom stereocenters. The quantitative estimate of drug-likeness (QED) is 0.548. The van der Waals surface area contributed by atoms with E-state index < -0.39 is 13.1 Å². The van der Waals surface area contributed by atoms with Crippen LogP contribution < -0.4 is 5.46 Å². The summed E-state index contributed by atoms with van der Waals surface area (Å²) in [5.41, 5.74) is 0.770. The Morgan fingerprint density at radius 2 is 2.06 bits per heavy atom. The lowest BCUT2D eigenvalue weighted by Gasteiger charge is -2.06. The number of nitrogens with zero attached hydrogens (tertiary/aromatic N) is 1. The van der Waals surface area contributed by atoms with Crippen LogP contribution in [0.15, 0.2) is 30.3 Å². The molecule has 2 N–H and O–H groups in total. The first-order valence-corrected chi connectivity index (χ1v) is 4.97. The molecule has 0 unspecified atom stereocenters. The molecular formula is C11H10BNO4. The van der Waals surface area contributed by atoms with Crippen LogP contribution in [0.5, 0.6) is 0 Å². The molecule has 17 heavy (non-hydrogen) atoms. The number of esters is 1. The van der Waals surface area contributed by atoms with E-state index in [-0.39, 0.29) is 11.2 Å². The molecular weight excluding hydrogens is 221 g/mol. The van der Waals surface area contributed by atoms with Crippen LogP contribution >= 0.6 is 0 Å². The number of ether oxygens (including phenoxy) is 1. The third-order valence-corrected chi connectivity index (χ3v) is 2.42. The maximum atomic E-state index is 11.3. The Bertz CT molecular complexity index is 570. The second-order valence-corrected chi connectivity index (χ2v) is 3.48. The molecule has 1 heterocycles. The predicted octanol–water partition coefficient (Wildman–Crippen LogP) is -0.299. The smallest absolute Gasteiger partial charge is 0.464 e. The largest absolute Gasteiger partial charge is 0.490 e. The number of fused-ring (bicyclic) bond motifs is 1. The van der Waals surface area contributed by atoms with E-state index in [1.807, 2.05) is 0 Å². The van der Waals surface area contributed by atoms with Gasteiger partial charge in [0.1, 0.15) is 5.69 Å². The average molecular weight is 231 g/mol. The molecule has 0 bridgehead atoms. The number of carbonyl (C=O) groups excluding carboxylic acids is 1. The zero-order chi connectivity index (χ0) is 12.4. The van der Waals surface area contributed by atoms with E-state index in [4.69, 9.17) is 0 Å². The first-order chi connectivity index (χ1) is 8.13. The van der Waals surface area contributed by atoms with Crippen molar-refractivity contribution < 1.29 is 19.6 Å². The monoisotopic (exact) mass is 231 g/mol. The molecule has 0 fully saturated rings. The van der Waals surface area contributed by atoms with Gasteiger partial charge < -0.3 is 14.8 Å². The minimum absolute atomic E-state index is 0.133. The van der Waals surface area contributed by atoms with E-state index in [9.17, 15) is 14.8 Å².